The molecule has 1 heterocycles. The Balaban J connectivity index is 1.68. The molecule has 1 aromatic heterocycles. The highest BCUT2D eigenvalue weighted by atomic mass is 16.4. The zero-order chi connectivity index (χ0) is 29.5. The average Bonchev–Trinajstić information content (AvgIpc) is 3.19. The van der Waals surface area contributed by atoms with Crippen LogP contribution in [0.5, 0.6) is 0 Å². The summed E-state index contributed by atoms with van der Waals surface area (Å²) in [5.74, 6) is -1.39. The van der Waals surface area contributed by atoms with Crippen molar-refractivity contribution in [3.8, 4) is 0 Å². The van der Waals surface area contributed by atoms with E-state index in [1.807, 2.05) is 13.8 Å². The summed E-state index contributed by atoms with van der Waals surface area (Å²) in [5.41, 5.74) is 3.61. The Bertz CT molecular complexity index is 1130. The van der Waals surface area contributed by atoms with Gasteiger partial charge in [0.25, 0.3) is 5.91 Å². The first-order valence-electron chi connectivity index (χ1n) is 13.8. The van der Waals surface area contributed by atoms with Gasteiger partial charge >= 0.3 is 5.97 Å². The number of carboxylic acids is 1. The quantitative estimate of drug-likeness (QED) is 0.172. The van der Waals surface area contributed by atoms with Gasteiger partial charge in [0.05, 0.1) is 25.2 Å². The van der Waals surface area contributed by atoms with Crippen LogP contribution >= 0.6 is 0 Å². The number of hydrogen-bond donors (Lipinski definition) is 5. The van der Waals surface area contributed by atoms with Crippen LogP contribution in [-0.4, -0.2) is 89.3 Å². The first kappa shape index (κ1) is 32.4. The number of nitrogens with zero attached hydrogens (tertiary/aromatic N) is 3. The maximum absolute atomic E-state index is 12.5. The van der Waals surface area contributed by atoms with Crippen molar-refractivity contribution < 1.29 is 24.3 Å². The molecular weight excluding hydrogens is 514 g/mol. The lowest BCUT2D eigenvalue weighted by atomic mass is 10.1. The third-order valence-electron chi connectivity index (χ3n) is 6.59. The van der Waals surface area contributed by atoms with Crippen LogP contribution < -0.4 is 21.3 Å². The summed E-state index contributed by atoms with van der Waals surface area (Å²) in [6, 6.07) is 6.76. The van der Waals surface area contributed by atoms with E-state index in [1.54, 1.807) is 28.9 Å². The van der Waals surface area contributed by atoms with Gasteiger partial charge in [0, 0.05) is 55.1 Å². The second-order valence-corrected chi connectivity index (χ2v) is 9.48. The molecule has 2 rings (SSSR count). The Hall–Kier alpha value is -3.77. The second kappa shape index (κ2) is 17.0. The number of carboxylic acid groups (broad SMARTS) is 1. The van der Waals surface area contributed by atoms with Gasteiger partial charge in [-0.2, -0.15) is 5.10 Å². The van der Waals surface area contributed by atoms with E-state index in [1.165, 1.54) is 0 Å². The summed E-state index contributed by atoms with van der Waals surface area (Å²) in [6.45, 7) is 12.4. The van der Waals surface area contributed by atoms with Crippen molar-refractivity contribution in [2.24, 2.45) is 0 Å². The van der Waals surface area contributed by atoms with Crippen LogP contribution in [0.4, 0.5) is 5.69 Å². The highest BCUT2D eigenvalue weighted by Gasteiger charge is 2.15. The highest BCUT2D eigenvalue weighted by Crippen LogP contribution is 2.14. The maximum Gasteiger partial charge on any atom is 0.317 e. The standard InChI is InChI=1S/C28H43N7O5/c1-5-34(6-2)16-15-31-28(40)22-9-11-23(12-10-22)32-25(36)8-7-13-30-26(37)18-24-20(3)33-35(21(24)4)17-14-29-19-27(38)39/h9-12,29H,5-8,13-19H2,1-4H3,(H,30,37)(H,31,40)(H,32,36)(H,38,39). The van der Waals surface area contributed by atoms with E-state index in [9.17, 15) is 19.2 Å². The van der Waals surface area contributed by atoms with E-state index < -0.39 is 5.97 Å². The molecule has 0 fully saturated rings. The Kier molecular flexibility index (Phi) is 13.8. The molecule has 220 valence electrons. The summed E-state index contributed by atoms with van der Waals surface area (Å²) in [4.78, 5) is 49.9. The van der Waals surface area contributed by atoms with Gasteiger partial charge in [-0.3, -0.25) is 23.9 Å². The minimum atomic E-state index is -0.917. The van der Waals surface area contributed by atoms with Crippen LogP contribution in [0.25, 0.3) is 0 Å². The van der Waals surface area contributed by atoms with E-state index in [2.05, 4.69) is 45.1 Å². The van der Waals surface area contributed by atoms with Crippen molar-refractivity contribution in [1.29, 1.82) is 0 Å². The number of aryl methyl sites for hydroxylation is 1. The summed E-state index contributed by atoms with van der Waals surface area (Å²) in [7, 11) is 0. The molecule has 0 saturated carbocycles. The zero-order valence-corrected chi connectivity index (χ0v) is 24.0. The summed E-state index contributed by atoms with van der Waals surface area (Å²) in [5, 5.41) is 24.6. The summed E-state index contributed by atoms with van der Waals surface area (Å²) >= 11 is 0. The van der Waals surface area contributed by atoms with Crippen LogP contribution in [0.3, 0.4) is 0 Å². The van der Waals surface area contributed by atoms with Gasteiger partial charge in [0.1, 0.15) is 0 Å². The fourth-order valence-corrected chi connectivity index (χ4v) is 4.19. The lowest BCUT2D eigenvalue weighted by Crippen LogP contribution is -2.34. The monoisotopic (exact) mass is 557 g/mol. The maximum atomic E-state index is 12.5. The molecule has 0 unspecified atom stereocenters. The molecule has 0 bridgehead atoms. The van der Waals surface area contributed by atoms with Crippen molar-refractivity contribution in [3.63, 3.8) is 0 Å². The van der Waals surface area contributed by atoms with E-state index in [4.69, 9.17) is 5.11 Å². The molecule has 0 radical (unpaired) electrons. The summed E-state index contributed by atoms with van der Waals surface area (Å²) < 4.78 is 1.77. The summed E-state index contributed by atoms with van der Waals surface area (Å²) in [6.07, 6.45) is 0.909. The number of likely N-dealkylation sites (N-methyl/N-ethyl adjacent to an activating group) is 1. The third kappa shape index (κ3) is 11.1. The molecule has 12 heteroatoms. The van der Waals surface area contributed by atoms with E-state index in [-0.39, 0.29) is 37.1 Å². The smallest absolute Gasteiger partial charge is 0.317 e. The molecule has 0 spiro atoms. The number of benzene rings is 1. The van der Waals surface area contributed by atoms with Crippen LogP contribution in [-0.2, 0) is 27.3 Å². The van der Waals surface area contributed by atoms with E-state index in [0.717, 1.165) is 36.6 Å². The van der Waals surface area contributed by atoms with E-state index >= 15 is 0 Å². The van der Waals surface area contributed by atoms with Gasteiger partial charge in [-0.1, -0.05) is 13.8 Å². The van der Waals surface area contributed by atoms with Crippen molar-refractivity contribution in [2.45, 2.75) is 53.5 Å². The second-order valence-electron chi connectivity index (χ2n) is 9.48. The Morgan fingerprint density at radius 1 is 0.950 bits per heavy atom. The molecule has 5 N–H and O–H groups in total. The van der Waals surface area contributed by atoms with Gasteiger partial charge in [0.15, 0.2) is 0 Å². The van der Waals surface area contributed by atoms with Crippen molar-refractivity contribution in [1.82, 2.24) is 30.6 Å². The van der Waals surface area contributed by atoms with Crippen LogP contribution in [0.1, 0.15) is 54.0 Å². The third-order valence-corrected chi connectivity index (χ3v) is 6.59. The first-order chi connectivity index (χ1) is 19.1. The fourth-order valence-electron chi connectivity index (χ4n) is 4.19. The molecule has 0 aliphatic rings. The Morgan fingerprint density at radius 3 is 2.30 bits per heavy atom. The highest BCUT2D eigenvalue weighted by molar-refractivity contribution is 5.95. The number of anilines is 1. The first-order valence-corrected chi connectivity index (χ1v) is 13.8. The lowest BCUT2D eigenvalue weighted by Gasteiger charge is -2.18. The lowest BCUT2D eigenvalue weighted by molar-refractivity contribution is -0.136. The number of carbonyl (C=O) groups is 4. The van der Waals surface area contributed by atoms with Gasteiger partial charge < -0.3 is 31.3 Å². The number of aromatic nitrogens is 2. The molecule has 1 aromatic carbocycles. The molecule has 3 amide bonds. The average molecular weight is 558 g/mol. The molecule has 40 heavy (non-hydrogen) atoms. The predicted molar refractivity (Wildman–Crippen MR) is 153 cm³/mol. The largest absolute Gasteiger partial charge is 0.480 e. The van der Waals surface area contributed by atoms with Crippen molar-refractivity contribution in [2.75, 3.05) is 51.1 Å². The number of amides is 3. The fraction of sp³-hybridized carbons (Fsp3) is 0.536. The van der Waals surface area contributed by atoms with Crippen LogP contribution in [0, 0.1) is 13.8 Å². The van der Waals surface area contributed by atoms with E-state index in [0.29, 0.717) is 43.9 Å². The molecular formula is C28H43N7O5. The van der Waals surface area contributed by atoms with Crippen LogP contribution in [0.2, 0.25) is 0 Å². The molecule has 12 nitrogen and oxygen atoms in total. The topological polar surface area (TPSA) is 158 Å². The number of hydrogen-bond acceptors (Lipinski definition) is 7. The number of nitrogens with one attached hydrogen (secondary N) is 4. The minimum Gasteiger partial charge on any atom is -0.480 e. The molecule has 0 atom stereocenters. The molecule has 0 aliphatic heterocycles. The normalized spacial score (nSPS) is 10.9. The molecule has 2 aromatic rings. The predicted octanol–water partition coefficient (Wildman–Crippen LogP) is 1.32. The Morgan fingerprint density at radius 2 is 1.65 bits per heavy atom. The van der Waals surface area contributed by atoms with Gasteiger partial charge in [0.2, 0.25) is 11.8 Å². The van der Waals surface area contributed by atoms with Crippen LogP contribution in [0.15, 0.2) is 24.3 Å². The minimum absolute atomic E-state index is 0.116. The zero-order valence-electron chi connectivity index (χ0n) is 24.0. The molecule has 0 saturated heterocycles. The van der Waals surface area contributed by atoms with Gasteiger partial charge in [-0.05, 0) is 57.6 Å². The molecule has 0 aliphatic carbocycles. The number of carbonyl (C=O) groups excluding carboxylic acids is 3. The number of aliphatic carboxylic acids is 1. The number of rotatable bonds is 18. The van der Waals surface area contributed by atoms with Crippen molar-refractivity contribution >= 4 is 29.4 Å². The Labute approximate surface area is 235 Å². The van der Waals surface area contributed by atoms with Gasteiger partial charge in [-0.25, -0.2) is 0 Å². The SMILES string of the molecule is CCN(CC)CCNC(=O)c1ccc(NC(=O)CCCNC(=O)Cc2c(C)nn(CCNCC(=O)O)c2C)cc1. The van der Waals surface area contributed by atoms with Gasteiger partial charge in [-0.15, -0.1) is 0 Å². The van der Waals surface area contributed by atoms with Crippen molar-refractivity contribution in [3.05, 3.63) is 46.8 Å².